The van der Waals surface area contributed by atoms with Crippen LogP contribution in [0.1, 0.15) is 57.6 Å². The zero-order valence-corrected chi connectivity index (χ0v) is 15.4. The molecule has 2 rings (SSSR count). The van der Waals surface area contributed by atoms with Crippen molar-refractivity contribution in [3.8, 4) is 0 Å². The second-order valence-electron chi connectivity index (χ2n) is 7.28. The first-order valence-corrected chi connectivity index (χ1v) is 8.55. The predicted octanol–water partition coefficient (Wildman–Crippen LogP) is 3.58. The van der Waals surface area contributed by atoms with E-state index >= 15 is 0 Å². The van der Waals surface area contributed by atoms with E-state index in [2.05, 4.69) is 50.4 Å². The maximum atomic E-state index is 12.4. The Morgan fingerprint density at radius 1 is 1.26 bits per heavy atom. The number of carbonyl (C=O) groups excluding carboxylic acids is 1. The SMILES string of the molecule is CCc1ccc(C(C)(C)CNC(=O)C2CCCC(N)C2)cc1.Cl. The first-order valence-electron chi connectivity index (χ1n) is 8.55. The summed E-state index contributed by atoms with van der Waals surface area (Å²) >= 11 is 0. The standard InChI is InChI=1S/C19H30N2O.ClH/c1-4-14-8-10-16(11-9-14)19(2,3)13-21-18(22)15-6-5-7-17(20)12-15;/h8-11,15,17H,4-7,12-13,20H2,1-3H3,(H,21,22);1H. The Morgan fingerprint density at radius 3 is 2.48 bits per heavy atom. The third-order valence-corrected chi connectivity index (χ3v) is 4.93. The Hall–Kier alpha value is -1.06. The van der Waals surface area contributed by atoms with Crippen LogP contribution in [0.5, 0.6) is 0 Å². The summed E-state index contributed by atoms with van der Waals surface area (Å²) in [6.45, 7) is 7.19. The van der Waals surface area contributed by atoms with Crippen LogP contribution < -0.4 is 11.1 Å². The lowest BCUT2D eigenvalue weighted by Crippen LogP contribution is -2.42. The number of nitrogens with two attached hydrogens (primary N) is 1. The molecule has 4 heteroatoms. The number of hydrogen-bond acceptors (Lipinski definition) is 2. The van der Waals surface area contributed by atoms with E-state index in [4.69, 9.17) is 5.73 Å². The molecule has 3 N–H and O–H groups in total. The fourth-order valence-corrected chi connectivity index (χ4v) is 3.21. The average molecular weight is 339 g/mol. The number of carbonyl (C=O) groups is 1. The lowest BCUT2D eigenvalue weighted by Gasteiger charge is -2.29. The smallest absolute Gasteiger partial charge is 0.223 e. The predicted molar refractivity (Wildman–Crippen MR) is 99.0 cm³/mol. The van der Waals surface area contributed by atoms with Gasteiger partial charge in [-0.2, -0.15) is 0 Å². The second-order valence-corrected chi connectivity index (χ2v) is 7.28. The monoisotopic (exact) mass is 338 g/mol. The molecule has 0 heterocycles. The first kappa shape index (κ1) is 20.0. The summed E-state index contributed by atoms with van der Waals surface area (Å²) < 4.78 is 0. The maximum Gasteiger partial charge on any atom is 0.223 e. The van der Waals surface area contributed by atoms with Gasteiger partial charge in [-0.05, 0) is 36.8 Å². The summed E-state index contributed by atoms with van der Waals surface area (Å²) in [4.78, 5) is 12.4. The number of amides is 1. The van der Waals surface area contributed by atoms with Crippen LogP contribution >= 0.6 is 12.4 Å². The summed E-state index contributed by atoms with van der Waals surface area (Å²) in [5.74, 6) is 0.274. The molecule has 2 atom stereocenters. The Balaban J connectivity index is 0.00000264. The first-order chi connectivity index (χ1) is 10.4. The molecule has 2 unspecified atom stereocenters. The molecular formula is C19H31ClN2O. The summed E-state index contributed by atoms with van der Waals surface area (Å²) in [7, 11) is 0. The van der Waals surface area contributed by atoms with Crippen LogP contribution in [-0.4, -0.2) is 18.5 Å². The van der Waals surface area contributed by atoms with Crippen LogP contribution in [0.2, 0.25) is 0 Å². The summed E-state index contributed by atoms with van der Waals surface area (Å²) in [5, 5.41) is 3.15. The molecule has 0 radical (unpaired) electrons. The van der Waals surface area contributed by atoms with Gasteiger partial charge >= 0.3 is 0 Å². The van der Waals surface area contributed by atoms with Gasteiger partial charge < -0.3 is 11.1 Å². The van der Waals surface area contributed by atoms with Crippen LogP contribution in [0.4, 0.5) is 0 Å². The number of halogens is 1. The fraction of sp³-hybridized carbons (Fsp3) is 0.632. The van der Waals surface area contributed by atoms with Gasteiger partial charge in [0.05, 0.1) is 0 Å². The average Bonchev–Trinajstić information content (AvgIpc) is 2.52. The van der Waals surface area contributed by atoms with E-state index in [1.54, 1.807) is 0 Å². The van der Waals surface area contributed by atoms with Gasteiger partial charge in [0, 0.05) is 23.9 Å². The van der Waals surface area contributed by atoms with Gasteiger partial charge in [0.2, 0.25) is 5.91 Å². The van der Waals surface area contributed by atoms with Crippen molar-refractivity contribution in [2.24, 2.45) is 11.7 Å². The number of nitrogens with one attached hydrogen (secondary N) is 1. The van der Waals surface area contributed by atoms with Crippen molar-refractivity contribution in [2.75, 3.05) is 6.54 Å². The van der Waals surface area contributed by atoms with Crippen LogP contribution in [0.25, 0.3) is 0 Å². The summed E-state index contributed by atoms with van der Waals surface area (Å²) in [6.07, 6.45) is 4.99. The molecular weight excluding hydrogens is 308 g/mol. The Kier molecular flexibility index (Phi) is 7.56. The molecule has 1 aromatic carbocycles. The van der Waals surface area contributed by atoms with Crippen molar-refractivity contribution in [3.63, 3.8) is 0 Å². The highest BCUT2D eigenvalue weighted by Gasteiger charge is 2.27. The van der Waals surface area contributed by atoms with Crippen molar-refractivity contribution < 1.29 is 4.79 Å². The van der Waals surface area contributed by atoms with E-state index in [1.165, 1.54) is 11.1 Å². The molecule has 0 bridgehead atoms. The van der Waals surface area contributed by atoms with Gasteiger partial charge in [-0.1, -0.05) is 51.5 Å². The van der Waals surface area contributed by atoms with Gasteiger partial charge in [0.15, 0.2) is 0 Å². The fourth-order valence-electron chi connectivity index (χ4n) is 3.21. The van der Waals surface area contributed by atoms with E-state index in [-0.39, 0.29) is 35.7 Å². The third-order valence-electron chi connectivity index (χ3n) is 4.93. The molecule has 23 heavy (non-hydrogen) atoms. The minimum Gasteiger partial charge on any atom is -0.355 e. The zero-order chi connectivity index (χ0) is 16.2. The molecule has 1 aliphatic carbocycles. The van der Waals surface area contributed by atoms with Gasteiger partial charge in [-0.15, -0.1) is 12.4 Å². The number of hydrogen-bond donors (Lipinski definition) is 2. The molecule has 1 saturated carbocycles. The minimum atomic E-state index is -0.0568. The topological polar surface area (TPSA) is 55.1 Å². The number of aryl methyl sites for hydroxylation is 1. The van der Waals surface area contributed by atoms with Gasteiger partial charge in [-0.25, -0.2) is 0 Å². The van der Waals surface area contributed by atoms with E-state index in [1.807, 2.05) is 0 Å². The van der Waals surface area contributed by atoms with Crippen LogP contribution in [0, 0.1) is 5.92 Å². The highest BCUT2D eigenvalue weighted by molar-refractivity contribution is 5.85. The molecule has 1 aliphatic rings. The van der Waals surface area contributed by atoms with Crippen molar-refractivity contribution in [1.82, 2.24) is 5.32 Å². The molecule has 3 nitrogen and oxygen atoms in total. The Labute approximate surface area is 146 Å². The third kappa shape index (κ3) is 5.50. The Bertz CT molecular complexity index is 499. The number of rotatable bonds is 5. The van der Waals surface area contributed by atoms with Crippen molar-refractivity contribution in [1.29, 1.82) is 0 Å². The highest BCUT2D eigenvalue weighted by atomic mass is 35.5. The van der Waals surface area contributed by atoms with Gasteiger partial charge in [0.25, 0.3) is 0 Å². The maximum absolute atomic E-state index is 12.4. The van der Waals surface area contributed by atoms with Gasteiger partial charge in [-0.3, -0.25) is 4.79 Å². The van der Waals surface area contributed by atoms with E-state index in [9.17, 15) is 4.79 Å². The molecule has 130 valence electrons. The van der Waals surface area contributed by atoms with Crippen LogP contribution in [-0.2, 0) is 16.6 Å². The molecule has 0 aliphatic heterocycles. The largest absolute Gasteiger partial charge is 0.355 e. The lowest BCUT2D eigenvalue weighted by atomic mass is 9.83. The highest BCUT2D eigenvalue weighted by Crippen LogP contribution is 2.25. The normalized spacial score (nSPS) is 21.4. The van der Waals surface area contributed by atoms with E-state index in [0.29, 0.717) is 6.54 Å². The van der Waals surface area contributed by atoms with Crippen molar-refractivity contribution >= 4 is 18.3 Å². The number of benzene rings is 1. The van der Waals surface area contributed by atoms with Gasteiger partial charge in [0.1, 0.15) is 0 Å². The molecule has 1 fully saturated rings. The van der Waals surface area contributed by atoms with E-state index in [0.717, 1.165) is 32.1 Å². The quantitative estimate of drug-likeness (QED) is 0.862. The lowest BCUT2D eigenvalue weighted by molar-refractivity contribution is -0.126. The molecule has 1 aromatic rings. The molecule has 1 amide bonds. The second kappa shape index (κ2) is 8.70. The summed E-state index contributed by atoms with van der Waals surface area (Å²) in [6, 6.07) is 8.92. The van der Waals surface area contributed by atoms with Crippen LogP contribution in [0.15, 0.2) is 24.3 Å². The zero-order valence-electron chi connectivity index (χ0n) is 14.6. The van der Waals surface area contributed by atoms with Crippen LogP contribution in [0.3, 0.4) is 0 Å². The van der Waals surface area contributed by atoms with E-state index < -0.39 is 0 Å². The summed E-state index contributed by atoms with van der Waals surface area (Å²) in [5.41, 5.74) is 8.54. The van der Waals surface area contributed by atoms with Crippen molar-refractivity contribution in [2.45, 2.75) is 64.3 Å². The Morgan fingerprint density at radius 2 is 1.91 bits per heavy atom. The van der Waals surface area contributed by atoms with Crippen molar-refractivity contribution in [3.05, 3.63) is 35.4 Å². The molecule has 0 saturated heterocycles. The molecule has 0 spiro atoms. The minimum absolute atomic E-state index is 0. The molecule has 0 aromatic heterocycles.